The molecule has 0 heterocycles. The number of benzene rings is 3. The van der Waals surface area contributed by atoms with Gasteiger partial charge in [-0.3, -0.25) is 10.1 Å². The van der Waals surface area contributed by atoms with Gasteiger partial charge in [0.05, 0.1) is 11.3 Å². The summed E-state index contributed by atoms with van der Waals surface area (Å²) in [5.41, 5.74) is 2.01. The Morgan fingerprint density at radius 2 is 1.59 bits per heavy atom. The van der Waals surface area contributed by atoms with Crippen molar-refractivity contribution in [2.24, 2.45) is 0 Å². The van der Waals surface area contributed by atoms with E-state index in [4.69, 9.17) is 0 Å². The van der Waals surface area contributed by atoms with Crippen molar-refractivity contribution in [2.45, 2.75) is 6.42 Å². The summed E-state index contributed by atoms with van der Waals surface area (Å²) in [5.74, 6) is 0. The van der Waals surface area contributed by atoms with Gasteiger partial charge in [0.15, 0.2) is 0 Å². The highest BCUT2D eigenvalue weighted by Crippen LogP contribution is 2.22. The van der Waals surface area contributed by atoms with E-state index in [0.717, 1.165) is 21.9 Å². The fraction of sp³-hybridized carbons (Fsp3) is 0.0526. The molecule has 22 heavy (non-hydrogen) atoms. The number of nitrogens with zero attached hydrogens (tertiary/aromatic N) is 1. The van der Waals surface area contributed by atoms with Crippen molar-refractivity contribution in [3.63, 3.8) is 0 Å². The Kier molecular flexibility index (Phi) is 3.97. The van der Waals surface area contributed by atoms with Crippen LogP contribution in [0.1, 0.15) is 11.1 Å². The zero-order valence-corrected chi connectivity index (χ0v) is 12.0. The van der Waals surface area contributed by atoms with E-state index < -0.39 is 0 Å². The second kappa shape index (κ2) is 6.22. The van der Waals surface area contributed by atoms with Crippen molar-refractivity contribution < 1.29 is 4.92 Å². The summed E-state index contributed by atoms with van der Waals surface area (Å²) in [4.78, 5) is 11.1. The first-order chi connectivity index (χ1) is 10.7. The van der Waals surface area contributed by atoms with Crippen LogP contribution in [0, 0.1) is 10.1 Å². The van der Waals surface area contributed by atoms with Crippen molar-refractivity contribution in [3.8, 4) is 0 Å². The standard InChI is InChI=1S/C19H15NO2/c21-20(22)18(13-15-7-2-1-3-8-15)14-17-11-6-10-16-9-4-5-12-19(16)17/h1-13H,14H2/b18-13+. The SMILES string of the molecule is O=[N+]([O-])/C(=C/c1ccccc1)Cc1cccc2ccccc12. The van der Waals surface area contributed by atoms with Crippen LogP contribution in [0.15, 0.2) is 78.5 Å². The molecule has 0 bridgehead atoms. The third kappa shape index (κ3) is 3.04. The number of fused-ring (bicyclic) bond motifs is 1. The molecular formula is C19H15NO2. The number of hydrogen-bond acceptors (Lipinski definition) is 2. The van der Waals surface area contributed by atoms with Crippen LogP contribution in [0.5, 0.6) is 0 Å². The average molecular weight is 289 g/mol. The lowest BCUT2D eigenvalue weighted by Crippen LogP contribution is -2.03. The average Bonchev–Trinajstić information content (AvgIpc) is 2.55. The van der Waals surface area contributed by atoms with Crippen LogP contribution < -0.4 is 0 Å². The van der Waals surface area contributed by atoms with Gasteiger partial charge in [0.2, 0.25) is 0 Å². The van der Waals surface area contributed by atoms with Crippen molar-refractivity contribution in [2.75, 3.05) is 0 Å². The number of allylic oxidation sites excluding steroid dienone is 1. The van der Waals surface area contributed by atoms with Crippen LogP contribution in [0.3, 0.4) is 0 Å². The predicted octanol–water partition coefficient (Wildman–Crippen LogP) is 4.70. The van der Waals surface area contributed by atoms with E-state index in [1.807, 2.05) is 72.8 Å². The van der Waals surface area contributed by atoms with Gasteiger partial charge < -0.3 is 0 Å². The number of hydrogen-bond donors (Lipinski definition) is 0. The molecule has 0 aliphatic carbocycles. The van der Waals surface area contributed by atoms with Crippen LogP contribution in [0.2, 0.25) is 0 Å². The summed E-state index contributed by atoms with van der Waals surface area (Å²) >= 11 is 0. The number of nitro groups is 1. The van der Waals surface area contributed by atoms with Gasteiger partial charge in [0.1, 0.15) is 0 Å². The molecule has 0 saturated carbocycles. The van der Waals surface area contributed by atoms with Gasteiger partial charge in [-0.15, -0.1) is 0 Å². The maximum absolute atomic E-state index is 11.4. The van der Waals surface area contributed by atoms with Crippen molar-refractivity contribution in [3.05, 3.63) is 99.7 Å². The molecule has 0 N–H and O–H groups in total. The van der Waals surface area contributed by atoms with Gasteiger partial charge in [0, 0.05) is 6.08 Å². The molecule has 0 spiro atoms. The molecular weight excluding hydrogens is 274 g/mol. The van der Waals surface area contributed by atoms with Crippen molar-refractivity contribution in [1.29, 1.82) is 0 Å². The molecule has 3 aromatic rings. The van der Waals surface area contributed by atoms with Gasteiger partial charge in [-0.25, -0.2) is 0 Å². The second-order valence-corrected chi connectivity index (χ2v) is 5.12. The van der Waals surface area contributed by atoms with Gasteiger partial charge in [-0.2, -0.15) is 0 Å². The Morgan fingerprint density at radius 1 is 0.909 bits per heavy atom. The first kappa shape index (κ1) is 14.0. The van der Waals surface area contributed by atoms with Gasteiger partial charge in [0.25, 0.3) is 5.70 Å². The lowest BCUT2D eigenvalue weighted by molar-refractivity contribution is -0.425. The molecule has 0 fully saturated rings. The molecule has 0 atom stereocenters. The zero-order chi connectivity index (χ0) is 15.4. The Morgan fingerprint density at radius 3 is 2.36 bits per heavy atom. The molecule has 0 aliphatic heterocycles. The summed E-state index contributed by atoms with van der Waals surface area (Å²) in [5, 5.41) is 13.5. The summed E-state index contributed by atoms with van der Waals surface area (Å²) in [6.45, 7) is 0. The minimum atomic E-state index is -0.297. The summed E-state index contributed by atoms with van der Waals surface area (Å²) in [6.07, 6.45) is 1.95. The molecule has 108 valence electrons. The quantitative estimate of drug-likeness (QED) is 0.516. The van der Waals surface area contributed by atoms with E-state index in [-0.39, 0.29) is 10.6 Å². The molecule has 3 aromatic carbocycles. The molecule has 0 saturated heterocycles. The highest BCUT2D eigenvalue weighted by molar-refractivity contribution is 5.86. The van der Waals surface area contributed by atoms with Crippen LogP contribution >= 0.6 is 0 Å². The van der Waals surface area contributed by atoms with Gasteiger partial charge in [-0.1, -0.05) is 72.8 Å². The van der Waals surface area contributed by atoms with E-state index in [2.05, 4.69) is 0 Å². The van der Waals surface area contributed by atoms with Crippen LogP contribution in [-0.2, 0) is 6.42 Å². The molecule has 3 heteroatoms. The van der Waals surface area contributed by atoms with E-state index in [1.165, 1.54) is 0 Å². The first-order valence-corrected chi connectivity index (χ1v) is 7.11. The monoisotopic (exact) mass is 289 g/mol. The van der Waals surface area contributed by atoms with Crippen LogP contribution in [-0.4, -0.2) is 4.92 Å². The first-order valence-electron chi connectivity index (χ1n) is 7.11. The molecule has 3 nitrogen and oxygen atoms in total. The minimum Gasteiger partial charge on any atom is -0.259 e. The minimum absolute atomic E-state index is 0.197. The highest BCUT2D eigenvalue weighted by Gasteiger charge is 2.13. The molecule has 0 radical (unpaired) electrons. The maximum Gasteiger partial charge on any atom is 0.251 e. The van der Waals surface area contributed by atoms with E-state index in [0.29, 0.717) is 6.42 Å². The van der Waals surface area contributed by atoms with Crippen molar-refractivity contribution >= 4 is 16.8 Å². The van der Waals surface area contributed by atoms with Gasteiger partial charge in [-0.05, 0) is 21.9 Å². The Balaban J connectivity index is 2.01. The van der Waals surface area contributed by atoms with E-state index >= 15 is 0 Å². The maximum atomic E-state index is 11.4. The molecule has 3 rings (SSSR count). The highest BCUT2D eigenvalue weighted by atomic mass is 16.6. The van der Waals surface area contributed by atoms with Crippen LogP contribution in [0.25, 0.3) is 16.8 Å². The Bertz CT molecular complexity index is 833. The largest absolute Gasteiger partial charge is 0.259 e. The fourth-order valence-electron chi connectivity index (χ4n) is 2.55. The lowest BCUT2D eigenvalue weighted by Gasteiger charge is -2.05. The molecule has 0 aromatic heterocycles. The van der Waals surface area contributed by atoms with Crippen LogP contribution in [0.4, 0.5) is 0 Å². The third-order valence-corrected chi connectivity index (χ3v) is 3.62. The normalized spacial score (nSPS) is 11.5. The lowest BCUT2D eigenvalue weighted by atomic mass is 10.0. The molecule has 0 aliphatic rings. The third-order valence-electron chi connectivity index (χ3n) is 3.62. The summed E-state index contributed by atoms with van der Waals surface area (Å²) in [6, 6.07) is 23.2. The fourth-order valence-corrected chi connectivity index (χ4v) is 2.55. The summed E-state index contributed by atoms with van der Waals surface area (Å²) in [7, 11) is 0. The number of rotatable bonds is 4. The second-order valence-electron chi connectivity index (χ2n) is 5.12. The predicted molar refractivity (Wildman–Crippen MR) is 89.1 cm³/mol. The summed E-state index contributed by atoms with van der Waals surface area (Å²) < 4.78 is 0. The van der Waals surface area contributed by atoms with E-state index in [9.17, 15) is 10.1 Å². The molecule has 0 unspecified atom stereocenters. The smallest absolute Gasteiger partial charge is 0.251 e. The topological polar surface area (TPSA) is 43.1 Å². The Hall–Kier alpha value is -2.94. The Labute approximate surface area is 128 Å². The van der Waals surface area contributed by atoms with Crippen molar-refractivity contribution in [1.82, 2.24) is 0 Å². The van der Waals surface area contributed by atoms with Gasteiger partial charge >= 0.3 is 0 Å². The van der Waals surface area contributed by atoms with E-state index in [1.54, 1.807) is 6.08 Å². The zero-order valence-electron chi connectivity index (χ0n) is 12.0. The molecule has 0 amide bonds.